The van der Waals surface area contributed by atoms with Crippen LogP contribution < -0.4 is 5.32 Å². The highest BCUT2D eigenvalue weighted by Crippen LogP contribution is 2.22. The number of carbonyl (C=O) groups is 1. The molecule has 0 aliphatic heterocycles. The highest BCUT2D eigenvalue weighted by Gasteiger charge is 2.29. The maximum Gasteiger partial charge on any atom is 0.248 e. The summed E-state index contributed by atoms with van der Waals surface area (Å²) in [5.74, 6) is -0.645. The summed E-state index contributed by atoms with van der Waals surface area (Å²) < 4.78 is 44.3. The molecule has 9 heteroatoms. The van der Waals surface area contributed by atoms with E-state index in [1.54, 1.807) is 18.2 Å². The van der Waals surface area contributed by atoms with Gasteiger partial charge in [-0.2, -0.15) is 4.31 Å². The first-order valence-corrected chi connectivity index (χ1v) is 9.06. The molecule has 1 aromatic heterocycles. The van der Waals surface area contributed by atoms with Crippen molar-refractivity contribution in [2.75, 3.05) is 20.1 Å². The second-order valence-corrected chi connectivity index (χ2v) is 7.59. The van der Waals surface area contributed by atoms with Crippen LogP contribution in [0.25, 0.3) is 0 Å². The standard InChI is InChI=1S/C16H20FN3O4S/c1-11-16(12(2)24-19-11)25(22,23)20(3)10-15(21)18-9-8-13-6-4-5-7-14(13)17/h4-7H,8-10H2,1-3H3,(H,18,21). The Hall–Kier alpha value is -2.26. The van der Waals surface area contributed by atoms with E-state index in [-0.39, 0.29) is 35.3 Å². The Balaban J connectivity index is 1.93. The number of hydrogen-bond acceptors (Lipinski definition) is 5. The maximum absolute atomic E-state index is 13.5. The fourth-order valence-corrected chi connectivity index (χ4v) is 3.79. The summed E-state index contributed by atoms with van der Waals surface area (Å²) in [5, 5.41) is 6.20. The zero-order valence-electron chi connectivity index (χ0n) is 14.2. The molecule has 0 saturated heterocycles. The van der Waals surface area contributed by atoms with Crippen molar-refractivity contribution in [1.29, 1.82) is 0 Å². The average Bonchev–Trinajstić information content (AvgIpc) is 2.88. The Morgan fingerprint density at radius 1 is 1.32 bits per heavy atom. The van der Waals surface area contributed by atoms with E-state index >= 15 is 0 Å². The van der Waals surface area contributed by atoms with Crippen LogP contribution in [-0.4, -0.2) is 43.9 Å². The average molecular weight is 369 g/mol. The predicted octanol–water partition coefficient (Wildman–Crippen LogP) is 1.41. The van der Waals surface area contributed by atoms with Crippen LogP contribution >= 0.6 is 0 Å². The molecule has 0 saturated carbocycles. The summed E-state index contributed by atoms with van der Waals surface area (Å²) >= 11 is 0. The van der Waals surface area contributed by atoms with Crippen molar-refractivity contribution >= 4 is 15.9 Å². The van der Waals surface area contributed by atoms with E-state index in [1.807, 2.05) is 0 Å². The quantitative estimate of drug-likeness (QED) is 0.797. The highest BCUT2D eigenvalue weighted by molar-refractivity contribution is 7.89. The number of benzene rings is 1. The number of amides is 1. The third kappa shape index (κ3) is 4.43. The predicted molar refractivity (Wildman–Crippen MR) is 88.9 cm³/mol. The van der Waals surface area contributed by atoms with Crippen molar-refractivity contribution < 1.29 is 22.1 Å². The number of nitrogens with one attached hydrogen (secondary N) is 1. The zero-order valence-corrected chi connectivity index (χ0v) is 15.1. The van der Waals surface area contributed by atoms with Crippen molar-refractivity contribution in [1.82, 2.24) is 14.8 Å². The molecule has 0 spiro atoms. The van der Waals surface area contributed by atoms with Gasteiger partial charge in [-0.15, -0.1) is 0 Å². The SMILES string of the molecule is Cc1noc(C)c1S(=O)(=O)N(C)CC(=O)NCCc1ccccc1F. The Morgan fingerprint density at radius 3 is 2.60 bits per heavy atom. The summed E-state index contributed by atoms with van der Waals surface area (Å²) in [6.45, 7) is 2.86. The second-order valence-electron chi connectivity index (χ2n) is 5.61. The third-order valence-corrected chi connectivity index (χ3v) is 5.73. The molecule has 0 aliphatic carbocycles. The monoisotopic (exact) mass is 369 g/mol. The lowest BCUT2D eigenvalue weighted by molar-refractivity contribution is -0.121. The molecule has 2 rings (SSSR count). The Labute approximate surface area is 145 Å². The molecule has 0 bridgehead atoms. The number of likely N-dealkylation sites (N-methyl/N-ethyl adjacent to an activating group) is 1. The van der Waals surface area contributed by atoms with E-state index < -0.39 is 15.9 Å². The van der Waals surface area contributed by atoms with E-state index in [1.165, 1.54) is 27.0 Å². The molecule has 25 heavy (non-hydrogen) atoms. The number of aromatic nitrogens is 1. The molecule has 2 aromatic rings. The van der Waals surface area contributed by atoms with Gasteiger partial charge in [0.25, 0.3) is 0 Å². The number of hydrogen-bond donors (Lipinski definition) is 1. The lowest BCUT2D eigenvalue weighted by Crippen LogP contribution is -2.39. The summed E-state index contributed by atoms with van der Waals surface area (Å²) in [6.07, 6.45) is 0.318. The van der Waals surface area contributed by atoms with Gasteiger partial charge in [0.2, 0.25) is 15.9 Å². The van der Waals surface area contributed by atoms with Crippen LogP contribution in [0.5, 0.6) is 0 Å². The van der Waals surface area contributed by atoms with Crippen molar-refractivity contribution in [3.8, 4) is 0 Å². The molecule has 1 heterocycles. The van der Waals surface area contributed by atoms with E-state index in [4.69, 9.17) is 4.52 Å². The maximum atomic E-state index is 13.5. The Kier molecular flexibility index (Phi) is 5.91. The van der Waals surface area contributed by atoms with Gasteiger partial charge in [0.1, 0.15) is 16.4 Å². The van der Waals surface area contributed by atoms with Gasteiger partial charge in [-0.3, -0.25) is 4.79 Å². The summed E-state index contributed by atoms with van der Waals surface area (Å²) in [6, 6.07) is 6.28. The molecule has 7 nitrogen and oxygen atoms in total. The molecular weight excluding hydrogens is 349 g/mol. The van der Waals surface area contributed by atoms with Crippen LogP contribution in [0.1, 0.15) is 17.0 Å². The highest BCUT2D eigenvalue weighted by atomic mass is 32.2. The fourth-order valence-electron chi connectivity index (χ4n) is 2.38. The number of halogens is 1. The van der Waals surface area contributed by atoms with Gasteiger partial charge < -0.3 is 9.84 Å². The zero-order chi connectivity index (χ0) is 18.6. The number of rotatable bonds is 7. The Bertz CT molecular complexity index is 845. The summed E-state index contributed by atoms with van der Waals surface area (Å²) in [7, 11) is -2.58. The van der Waals surface area contributed by atoms with Gasteiger partial charge >= 0.3 is 0 Å². The topological polar surface area (TPSA) is 92.5 Å². The molecular formula is C16H20FN3O4S. The van der Waals surface area contributed by atoms with Crippen LogP contribution in [0.15, 0.2) is 33.7 Å². The second kappa shape index (κ2) is 7.75. The molecule has 0 aliphatic rings. The van der Waals surface area contributed by atoms with Crippen LogP contribution in [0, 0.1) is 19.7 Å². The largest absolute Gasteiger partial charge is 0.360 e. The smallest absolute Gasteiger partial charge is 0.248 e. The number of aryl methyl sites for hydroxylation is 2. The van der Waals surface area contributed by atoms with Gasteiger partial charge in [-0.1, -0.05) is 23.4 Å². The first-order chi connectivity index (χ1) is 11.7. The molecule has 136 valence electrons. The first kappa shape index (κ1) is 19.1. The van der Waals surface area contributed by atoms with Gasteiger partial charge in [0.05, 0.1) is 6.54 Å². The minimum Gasteiger partial charge on any atom is -0.360 e. The van der Waals surface area contributed by atoms with Crippen LogP contribution in [0.4, 0.5) is 4.39 Å². The lowest BCUT2D eigenvalue weighted by Gasteiger charge is -2.16. The Morgan fingerprint density at radius 2 is 2.00 bits per heavy atom. The van der Waals surface area contributed by atoms with Gasteiger partial charge in [0.15, 0.2) is 5.76 Å². The van der Waals surface area contributed by atoms with Gasteiger partial charge in [0, 0.05) is 13.6 Å². The number of sulfonamides is 1. The van der Waals surface area contributed by atoms with Crippen molar-refractivity contribution in [2.45, 2.75) is 25.2 Å². The molecule has 0 unspecified atom stereocenters. The van der Waals surface area contributed by atoms with Gasteiger partial charge in [-0.25, -0.2) is 12.8 Å². The van der Waals surface area contributed by atoms with E-state index in [0.29, 0.717) is 12.0 Å². The van der Waals surface area contributed by atoms with Crippen molar-refractivity contribution in [2.24, 2.45) is 0 Å². The third-order valence-electron chi connectivity index (χ3n) is 3.68. The molecule has 1 N–H and O–H groups in total. The van der Waals surface area contributed by atoms with E-state index in [9.17, 15) is 17.6 Å². The fraction of sp³-hybridized carbons (Fsp3) is 0.375. The first-order valence-electron chi connectivity index (χ1n) is 7.62. The molecule has 0 atom stereocenters. The molecule has 0 fully saturated rings. The number of carbonyl (C=O) groups excluding carboxylic acids is 1. The van der Waals surface area contributed by atoms with E-state index in [2.05, 4.69) is 10.5 Å². The van der Waals surface area contributed by atoms with Crippen molar-refractivity contribution in [3.63, 3.8) is 0 Å². The summed E-state index contributed by atoms with van der Waals surface area (Å²) in [4.78, 5) is 11.9. The molecule has 0 radical (unpaired) electrons. The summed E-state index contributed by atoms with van der Waals surface area (Å²) in [5.41, 5.74) is 0.726. The van der Waals surface area contributed by atoms with Crippen molar-refractivity contribution in [3.05, 3.63) is 47.1 Å². The minimum atomic E-state index is -3.88. The van der Waals surface area contributed by atoms with E-state index in [0.717, 1.165) is 4.31 Å². The molecule has 1 amide bonds. The lowest BCUT2D eigenvalue weighted by atomic mass is 10.1. The number of nitrogens with zero attached hydrogens (tertiary/aromatic N) is 2. The van der Waals surface area contributed by atoms with Gasteiger partial charge in [-0.05, 0) is 31.9 Å². The van der Waals surface area contributed by atoms with Crippen LogP contribution in [0.2, 0.25) is 0 Å². The van der Waals surface area contributed by atoms with Crippen LogP contribution in [-0.2, 0) is 21.2 Å². The molecule has 1 aromatic carbocycles. The normalized spacial score (nSPS) is 11.7. The van der Waals surface area contributed by atoms with Crippen LogP contribution in [0.3, 0.4) is 0 Å². The minimum absolute atomic E-state index is 0.0332.